The predicted octanol–water partition coefficient (Wildman–Crippen LogP) is 1.47. The van der Waals surface area contributed by atoms with Gasteiger partial charge in [-0.3, -0.25) is 4.79 Å². The molecule has 5 heteroatoms. The second-order valence-electron chi connectivity index (χ2n) is 4.84. The van der Waals surface area contributed by atoms with Crippen molar-refractivity contribution in [2.24, 2.45) is 5.92 Å². The molecule has 1 heterocycles. The average Bonchev–Trinajstić information content (AvgIpc) is 2.38. The molecule has 2 rings (SSSR count). The maximum Gasteiger partial charge on any atom is 0.224 e. The van der Waals surface area contributed by atoms with E-state index in [9.17, 15) is 9.90 Å². The third-order valence-corrected chi connectivity index (χ3v) is 3.32. The van der Waals surface area contributed by atoms with Crippen LogP contribution < -0.4 is 10.6 Å². The highest BCUT2D eigenvalue weighted by Crippen LogP contribution is 2.12. The molecule has 1 aromatic carbocycles. The molecule has 1 amide bonds. The van der Waals surface area contributed by atoms with Crippen molar-refractivity contribution in [3.05, 3.63) is 29.8 Å². The number of phenols is 1. The van der Waals surface area contributed by atoms with Gasteiger partial charge in [0, 0.05) is 6.54 Å². The van der Waals surface area contributed by atoms with Gasteiger partial charge >= 0.3 is 0 Å². The van der Waals surface area contributed by atoms with Crippen molar-refractivity contribution in [2.75, 3.05) is 19.6 Å². The lowest BCUT2D eigenvalue weighted by molar-refractivity contribution is -0.120. The molecule has 0 saturated carbocycles. The van der Waals surface area contributed by atoms with Crippen LogP contribution in [0.4, 0.5) is 0 Å². The van der Waals surface area contributed by atoms with E-state index in [1.807, 2.05) is 6.07 Å². The molecule has 1 aliphatic rings. The molecule has 1 aliphatic heterocycles. The number of carbonyl (C=O) groups is 1. The second kappa shape index (κ2) is 8.02. The fourth-order valence-electron chi connectivity index (χ4n) is 2.26. The smallest absolute Gasteiger partial charge is 0.224 e. The topological polar surface area (TPSA) is 61.4 Å². The number of hydrogen-bond acceptors (Lipinski definition) is 3. The highest BCUT2D eigenvalue weighted by molar-refractivity contribution is 5.85. The van der Waals surface area contributed by atoms with Crippen LogP contribution in [0, 0.1) is 5.92 Å². The summed E-state index contributed by atoms with van der Waals surface area (Å²) in [6.45, 7) is 2.86. The van der Waals surface area contributed by atoms with Crippen molar-refractivity contribution in [1.29, 1.82) is 0 Å². The summed E-state index contributed by atoms with van der Waals surface area (Å²) in [6.07, 6.45) is 2.60. The van der Waals surface area contributed by atoms with E-state index in [1.165, 1.54) is 0 Å². The van der Waals surface area contributed by atoms with E-state index in [0.29, 0.717) is 12.3 Å². The average molecular weight is 285 g/mol. The van der Waals surface area contributed by atoms with E-state index < -0.39 is 0 Å². The molecule has 0 aromatic heterocycles. The van der Waals surface area contributed by atoms with Crippen molar-refractivity contribution in [3.63, 3.8) is 0 Å². The van der Waals surface area contributed by atoms with Gasteiger partial charge in [-0.2, -0.15) is 0 Å². The lowest BCUT2D eigenvalue weighted by Gasteiger charge is -2.22. The SMILES string of the molecule is Cl.O=C(Cc1cccc(O)c1)NCC1CCNCC1. The maximum atomic E-state index is 11.8. The first-order valence-corrected chi connectivity index (χ1v) is 6.49. The summed E-state index contributed by atoms with van der Waals surface area (Å²) >= 11 is 0. The van der Waals surface area contributed by atoms with Crippen LogP contribution in [0.25, 0.3) is 0 Å². The number of carbonyl (C=O) groups excluding carboxylic acids is 1. The molecule has 1 fully saturated rings. The Kier molecular flexibility index (Phi) is 6.67. The Morgan fingerprint density at radius 2 is 2.11 bits per heavy atom. The fourth-order valence-corrected chi connectivity index (χ4v) is 2.26. The molecule has 0 unspecified atom stereocenters. The minimum absolute atomic E-state index is 0. The number of halogens is 1. The zero-order chi connectivity index (χ0) is 12.8. The summed E-state index contributed by atoms with van der Waals surface area (Å²) in [5.74, 6) is 0.831. The van der Waals surface area contributed by atoms with Gasteiger partial charge in [0.1, 0.15) is 5.75 Å². The summed E-state index contributed by atoms with van der Waals surface area (Å²) in [7, 11) is 0. The minimum Gasteiger partial charge on any atom is -0.508 e. The zero-order valence-electron chi connectivity index (χ0n) is 10.9. The molecule has 1 saturated heterocycles. The van der Waals surface area contributed by atoms with Crippen LogP contribution in [0.15, 0.2) is 24.3 Å². The van der Waals surface area contributed by atoms with Crippen LogP contribution in [0.2, 0.25) is 0 Å². The third-order valence-electron chi connectivity index (χ3n) is 3.32. The van der Waals surface area contributed by atoms with Gasteiger partial charge in [0.05, 0.1) is 6.42 Å². The van der Waals surface area contributed by atoms with Gasteiger partial charge in [-0.1, -0.05) is 12.1 Å². The minimum atomic E-state index is 0. The summed E-state index contributed by atoms with van der Waals surface area (Å²) in [4.78, 5) is 11.8. The van der Waals surface area contributed by atoms with Gasteiger partial charge in [-0.25, -0.2) is 0 Å². The highest BCUT2D eigenvalue weighted by atomic mass is 35.5. The van der Waals surface area contributed by atoms with E-state index in [2.05, 4.69) is 10.6 Å². The summed E-state index contributed by atoms with van der Waals surface area (Å²) < 4.78 is 0. The Balaban J connectivity index is 0.00000180. The number of hydrogen-bond donors (Lipinski definition) is 3. The van der Waals surface area contributed by atoms with Crippen molar-refractivity contribution in [3.8, 4) is 5.75 Å². The van der Waals surface area contributed by atoms with Gasteiger partial charge in [0.2, 0.25) is 5.91 Å². The second-order valence-corrected chi connectivity index (χ2v) is 4.84. The Hall–Kier alpha value is -1.26. The van der Waals surface area contributed by atoms with Gasteiger partial charge < -0.3 is 15.7 Å². The zero-order valence-corrected chi connectivity index (χ0v) is 11.7. The third kappa shape index (κ3) is 5.49. The molecular weight excluding hydrogens is 264 g/mol. The summed E-state index contributed by atoms with van der Waals surface area (Å²) in [5, 5.41) is 15.6. The van der Waals surface area contributed by atoms with E-state index in [0.717, 1.165) is 38.0 Å². The molecular formula is C14H21ClN2O2. The Morgan fingerprint density at radius 1 is 1.37 bits per heavy atom. The maximum absolute atomic E-state index is 11.8. The van der Waals surface area contributed by atoms with Crippen molar-refractivity contribution in [2.45, 2.75) is 19.3 Å². The largest absolute Gasteiger partial charge is 0.508 e. The Morgan fingerprint density at radius 3 is 2.79 bits per heavy atom. The highest BCUT2D eigenvalue weighted by Gasteiger charge is 2.13. The van der Waals surface area contributed by atoms with Crippen LogP contribution in [0.1, 0.15) is 18.4 Å². The molecule has 0 bridgehead atoms. The molecule has 0 spiro atoms. The predicted molar refractivity (Wildman–Crippen MR) is 77.7 cm³/mol. The first kappa shape index (κ1) is 15.8. The molecule has 1 aromatic rings. The van der Waals surface area contributed by atoms with Crippen LogP contribution in [-0.2, 0) is 11.2 Å². The monoisotopic (exact) mass is 284 g/mol. The van der Waals surface area contributed by atoms with Crippen molar-refractivity contribution >= 4 is 18.3 Å². The molecule has 0 atom stereocenters. The van der Waals surface area contributed by atoms with Gasteiger partial charge in [0.25, 0.3) is 0 Å². The molecule has 3 N–H and O–H groups in total. The Labute approximate surface area is 120 Å². The van der Waals surface area contributed by atoms with Crippen LogP contribution >= 0.6 is 12.4 Å². The molecule has 0 aliphatic carbocycles. The van der Waals surface area contributed by atoms with Crippen molar-refractivity contribution < 1.29 is 9.90 Å². The first-order valence-electron chi connectivity index (χ1n) is 6.49. The number of amides is 1. The fraction of sp³-hybridized carbons (Fsp3) is 0.500. The lowest BCUT2D eigenvalue weighted by atomic mass is 9.98. The van der Waals surface area contributed by atoms with E-state index in [1.54, 1.807) is 18.2 Å². The number of rotatable bonds is 4. The van der Waals surface area contributed by atoms with Crippen LogP contribution in [0.5, 0.6) is 5.75 Å². The van der Waals surface area contributed by atoms with E-state index in [4.69, 9.17) is 0 Å². The van der Waals surface area contributed by atoms with Gasteiger partial charge in [0.15, 0.2) is 0 Å². The number of aromatic hydroxyl groups is 1. The van der Waals surface area contributed by atoms with Crippen molar-refractivity contribution in [1.82, 2.24) is 10.6 Å². The lowest BCUT2D eigenvalue weighted by Crippen LogP contribution is -2.36. The van der Waals surface area contributed by atoms with Gasteiger partial charge in [-0.05, 0) is 49.5 Å². The molecule has 0 radical (unpaired) electrons. The molecule has 19 heavy (non-hydrogen) atoms. The standard InChI is InChI=1S/C14H20N2O2.ClH/c17-13-3-1-2-12(8-13)9-14(18)16-10-11-4-6-15-7-5-11;/h1-3,8,11,15,17H,4-7,9-10H2,(H,16,18);1H. The van der Waals surface area contributed by atoms with E-state index in [-0.39, 0.29) is 24.1 Å². The van der Waals surface area contributed by atoms with E-state index >= 15 is 0 Å². The van der Waals surface area contributed by atoms with Gasteiger partial charge in [-0.15, -0.1) is 12.4 Å². The number of piperidine rings is 1. The molecule has 106 valence electrons. The molecule has 4 nitrogen and oxygen atoms in total. The van der Waals surface area contributed by atoms with Crippen LogP contribution in [-0.4, -0.2) is 30.6 Å². The number of phenolic OH excluding ortho intramolecular Hbond substituents is 1. The summed E-state index contributed by atoms with van der Waals surface area (Å²) in [5.41, 5.74) is 0.845. The number of benzene rings is 1. The Bertz CT molecular complexity index is 406. The quantitative estimate of drug-likeness (QED) is 0.785. The normalized spacial score (nSPS) is 15.6. The first-order chi connectivity index (χ1) is 8.74. The van der Waals surface area contributed by atoms with Crippen LogP contribution in [0.3, 0.4) is 0 Å². The summed E-state index contributed by atoms with van der Waals surface area (Å²) in [6, 6.07) is 6.84. The number of nitrogens with one attached hydrogen (secondary N) is 2.